The molecule has 2 rings (SSSR count). The van der Waals surface area contributed by atoms with E-state index in [4.69, 9.17) is 0 Å². The molecule has 1 heterocycles. The highest BCUT2D eigenvalue weighted by molar-refractivity contribution is 5.90. The van der Waals surface area contributed by atoms with Crippen LogP contribution in [0.4, 0.5) is 5.69 Å². The second kappa shape index (κ2) is 5.99. The summed E-state index contributed by atoms with van der Waals surface area (Å²) in [6.07, 6.45) is 0. The minimum atomic E-state index is -0.259. The molecule has 6 heteroatoms. The molecule has 1 amide bonds. The number of para-hydroxylation sites is 1. The van der Waals surface area contributed by atoms with Gasteiger partial charge in [-0.3, -0.25) is 9.89 Å². The first-order valence-corrected chi connectivity index (χ1v) is 6.10. The number of hydrogen-bond donors (Lipinski definition) is 2. The van der Waals surface area contributed by atoms with Crippen LogP contribution in [0.3, 0.4) is 0 Å². The standard InChI is InChI=1S/C13H17N5O/c1-10-15-12(17-16-10)13(19)14-8-9-18(2)11-6-4-3-5-7-11/h3-7H,8-9H2,1-2H3,(H,14,19)(H,15,16,17). The molecular weight excluding hydrogens is 242 g/mol. The van der Waals surface area contributed by atoms with Crippen LogP contribution in [0.2, 0.25) is 0 Å². The van der Waals surface area contributed by atoms with Crippen molar-refractivity contribution >= 4 is 11.6 Å². The molecule has 1 aromatic heterocycles. The number of nitrogens with one attached hydrogen (secondary N) is 2. The summed E-state index contributed by atoms with van der Waals surface area (Å²) in [6, 6.07) is 10.0. The number of nitrogens with zero attached hydrogens (tertiary/aromatic N) is 3. The van der Waals surface area contributed by atoms with Gasteiger partial charge >= 0.3 is 0 Å². The molecule has 0 aliphatic heterocycles. The van der Waals surface area contributed by atoms with Gasteiger partial charge in [0.25, 0.3) is 5.91 Å². The Labute approximate surface area is 111 Å². The Balaban J connectivity index is 1.79. The van der Waals surface area contributed by atoms with E-state index < -0.39 is 0 Å². The minimum Gasteiger partial charge on any atom is -0.373 e. The number of aryl methyl sites for hydroxylation is 1. The molecule has 0 aliphatic rings. The van der Waals surface area contributed by atoms with Crippen LogP contribution in [0.1, 0.15) is 16.4 Å². The zero-order valence-corrected chi connectivity index (χ0v) is 11.1. The predicted octanol–water partition coefficient (Wildman–Crippen LogP) is 0.979. The van der Waals surface area contributed by atoms with Crippen molar-refractivity contribution in [2.45, 2.75) is 6.92 Å². The predicted molar refractivity (Wildman–Crippen MR) is 73.2 cm³/mol. The number of likely N-dealkylation sites (N-methyl/N-ethyl adjacent to an activating group) is 1. The van der Waals surface area contributed by atoms with Crippen LogP contribution in [0, 0.1) is 6.92 Å². The lowest BCUT2D eigenvalue weighted by atomic mass is 10.3. The fourth-order valence-corrected chi connectivity index (χ4v) is 1.67. The highest BCUT2D eigenvalue weighted by Crippen LogP contribution is 2.09. The van der Waals surface area contributed by atoms with Crippen LogP contribution in [-0.2, 0) is 0 Å². The molecule has 2 aromatic rings. The van der Waals surface area contributed by atoms with Crippen LogP contribution in [0.25, 0.3) is 0 Å². The Morgan fingerprint density at radius 1 is 1.37 bits per heavy atom. The van der Waals surface area contributed by atoms with Gasteiger partial charge < -0.3 is 10.2 Å². The number of aromatic amines is 1. The Morgan fingerprint density at radius 3 is 2.74 bits per heavy atom. The largest absolute Gasteiger partial charge is 0.373 e. The second-order valence-electron chi connectivity index (χ2n) is 4.26. The van der Waals surface area contributed by atoms with Gasteiger partial charge in [0.2, 0.25) is 5.82 Å². The SMILES string of the molecule is Cc1nc(C(=O)NCCN(C)c2ccccc2)n[nH]1. The molecule has 2 N–H and O–H groups in total. The van der Waals surface area contributed by atoms with Gasteiger partial charge in [-0.25, -0.2) is 4.98 Å². The third-order valence-corrected chi connectivity index (χ3v) is 2.73. The van der Waals surface area contributed by atoms with E-state index in [1.165, 1.54) is 0 Å². The fourth-order valence-electron chi connectivity index (χ4n) is 1.67. The smallest absolute Gasteiger partial charge is 0.291 e. The first kappa shape index (κ1) is 13.1. The molecule has 0 bridgehead atoms. The van der Waals surface area contributed by atoms with Crippen LogP contribution in [0.15, 0.2) is 30.3 Å². The first-order valence-electron chi connectivity index (χ1n) is 6.10. The molecule has 1 aromatic carbocycles. The lowest BCUT2D eigenvalue weighted by molar-refractivity contribution is 0.0944. The van der Waals surface area contributed by atoms with Gasteiger partial charge in [0.05, 0.1) is 0 Å². The summed E-state index contributed by atoms with van der Waals surface area (Å²) < 4.78 is 0. The summed E-state index contributed by atoms with van der Waals surface area (Å²) >= 11 is 0. The Bertz CT molecular complexity index is 537. The van der Waals surface area contributed by atoms with Gasteiger partial charge in [-0.05, 0) is 19.1 Å². The lowest BCUT2D eigenvalue weighted by Gasteiger charge is -2.19. The summed E-state index contributed by atoms with van der Waals surface area (Å²) in [5.41, 5.74) is 1.12. The third-order valence-electron chi connectivity index (χ3n) is 2.73. The van der Waals surface area contributed by atoms with E-state index in [0.29, 0.717) is 12.4 Å². The monoisotopic (exact) mass is 259 g/mol. The number of H-pyrrole nitrogens is 1. The number of rotatable bonds is 5. The van der Waals surface area contributed by atoms with Crippen molar-refractivity contribution in [3.05, 3.63) is 42.0 Å². The maximum Gasteiger partial charge on any atom is 0.291 e. The van der Waals surface area contributed by atoms with Crippen molar-refractivity contribution in [1.82, 2.24) is 20.5 Å². The van der Waals surface area contributed by atoms with Gasteiger partial charge in [-0.2, -0.15) is 0 Å². The summed E-state index contributed by atoms with van der Waals surface area (Å²) in [5.74, 6) is 0.553. The molecule has 0 saturated heterocycles. The molecule has 0 spiro atoms. The maximum absolute atomic E-state index is 11.7. The summed E-state index contributed by atoms with van der Waals surface area (Å²) in [6.45, 7) is 3.02. The lowest BCUT2D eigenvalue weighted by Crippen LogP contribution is -2.33. The number of benzene rings is 1. The minimum absolute atomic E-state index is 0.180. The fraction of sp³-hybridized carbons (Fsp3) is 0.308. The van der Waals surface area contributed by atoms with Gasteiger partial charge in [-0.15, -0.1) is 5.10 Å². The van der Waals surface area contributed by atoms with E-state index in [1.807, 2.05) is 37.4 Å². The van der Waals surface area contributed by atoms with Crippen molar-refractivity contribution in [2.75, 3.05) is 25.0 Å². The number of amides is 1. The van der Waals surface area contributed by atoms with E-state index in [9.17, 15) is 4.79 Å². The molecule has 0 unspecified atom stereocenters. The normalized spacial score (nSPS) is 10.2. The number of hydrogen-bond acceptors (Lipinski definition) is 4. The van der Waals surface area contributed by atoms with Crippen LogP contribution < -0.4 is 10.2 Å². The van der Waals surface area contributed by atoms with Crippen LogP contribution in [0.5, 0.6) is 0 Å². The Morgan fingerprint density at radius 2 is 2.11 bits per heavy atom. The first-order chi connectivity index (χ1) is 9.16. The highest BCUT2D eigenvalue weighted by atomic mass is 16.2. The van der Waals surface area contributed by atoms with Crippen LogP contribution >= 0.6 is 0 Å². The van der Waals surface area contributed by atoms with E-state index in [0.717, 1.165) is 12.2 Å². The second-order valence-corrected chi connectivity index (χ2v) is 4.26. The molecular formula is C13H17N5O. The van der Waals surface area contributed by atoms with Crippen molar-refractivity contribution in [3.8, 4) is 0 Å². The molecule has 0 saturated carbocycles. The summed E-state index contributed by atoms with van der Waals surface area (Å²) in [7, 11) is 1.98. The Kier molecular flexibility index (Phi) is 4.12. The number of aromatic nitrogens is 3. The summed E-state index contributed by atoms with van der Waals surface area (Å²) in [5, 5.41) is 9.24. The van der Waals surface area contributed by atoms with Gasteiger partial charge in [0.15, 0.2) is 0 Å². The van der Waals surface area contributed by atoms with Crippen molar-refractivity contribution < 1.29 is 4.79 Å². The van der Waals surface area contributed by atoms with Crippen molar-refractivity contribution in [1.29, 1.82) is 0 Å². The average Bonchev–Trinajstić information content (AvgIpc) is 2.86. The zero-order chi connectivity index (χ0) is 13.7. The molecule has 0 radical (unpaired) electrons. The number of carbonyl (C=O) groups is 1. The molecule has 19 heavy (non-hydrogen) atoms. The van der Waals surface area contributed by atoms with E-state index in [2.05, 4.69) is 25.4 Å². The highest BCUT2D eigenvalue weighted by Gasteiger charge is 2.10. The molecule has 0 atom stereocenters. The molecule has 100 valence electrons. The van der Waals surface area contributed by atoms with Crippen molar-refractivity contribution in [3.63, 3.8) is 0 Å². The Hall–Kier alpha value is -2.37. The average molecular weight is 259 g/mol. The number of carbonyl (C=O) groups excluding carboxylic acids is 1. The zero-order valence-electron chi connectivity index (χ0n) is 11.1. The van der Waals surface area contributed by atoms with Crippen LogP contribution in [-0.4, -0.2) is 41.2 Å². The van der Waals surface area contributed by atoms with E-state index in [1.54, 1.807) is 6.92 Å². The summed E-state index contributed by atoms with van der Waals surface area (Å²) in [4.78, 5) is 17.7. The molecule has 0 aliphatic carbocycles. The van der Waals surface area contributed by atoms with E-state index >= 15 is 0 Å². The van der Waals surface area contributed by atoms with E-state index in [-0.39, 0.29) is 11.7 Å². The van der Waals surface area contributed by atoms with Gasteiger partial charge in [0, 0.05) is 25.8 Å². The maximum atomic E-state index is 11.7. The number of anilines is 1. The topological polar surface area (TPSA) is 73.9 Å². The molecule has 6 nitrogen and oxygen atoms in total. The van der Waals surface area contributed by atoms with Gasteiger partial charge in [-0.1, -0.05) is 18.2 Å². The molecule has 0 fully saturated rings. The van der Waals surface area contributed by atoms with Gasteiger partial charge in [0.1, 0.15) is 5.82 Å². The quantitative estimate of drug-likeness (QED) is 0.839. The van der Waals surface area contributed by atoms with Crippen molar-refractivity contribution in [2.24, 2.45) is 0 Å². The third kappa shape index (κ3) is 3.54.